The Kier molecular flexibility index (Phi) is 3.27. The lowest BCUT2D eigenvalue weighted by molar-refractivity contribution is -0.302. The van der Waals surface area contributed by atoms with Crippen LogP contribution in [0.3, 0.4) is 0 Å². The Morgan fingerprint density at radius 3 is 2.79 bits per heavy atom. The highest BCUT2D eigenvalue weighted by Crippen LogP contribution is 2.38. The first-order chi connectivity index (χ1) is 8.74. The highest BCUT2D eigenvalue weighted by atomic mass is 35.5. The Bertz CT molecular complexity index is 530. The number of rotatable bonds is 2. The molecule has 0 saturated heterocycles. The molecule has 2 rings (SSSR count). The highest BCUT2D eigenvalue weighted by molar-refractivity contribution is 6.30. The van der Waals surface area contributed by atoms with E-state index in [1.165, 1.54) is 12.4 Å². The summed E-state index contributed by atoms with van der Waals surface area (Å²) in [5.41, 5.74) is -3.30. The molecular formula is C9H8ClF3N4O2. The molecule has 104 valence electrons. The number of aromatic nitrogens is 2. The van der Waals surface area contributed by atoms with Crippen molar-refractivity contribution in [1.82, 2.24) is 14.8 Å². The van der Waals surface area contributed by atoms with Gasteiger partial charge in [0.1, 0.15) is 6.54 Å². The zero-order chi connectivity index (χ0) is 14.3. The van der Waals surface area contributed by atoms with E-state index in [4.69, 9.17) is 11.6 Å². The van der Waals surface area contributed by atoms with Crippen molar-refractivity contribution in [2.75, 3.05) is 0 Å². The largest absolute Gasteiger partial charge is 0.438 e. The van der Waals surface area contributed by atoms with Gasteiger partial charge in [0.05, 0.1) is 11.2 Å². The molecule has 1 amide bonds. The van der Waals surface area contributed by atoms with Crippen LogP contribution < -0.4 is 0 Å². The van der Waals surface area contributed by atoms with Gasteiger partial charge in [0.25, 0.3) is 11.6 Å². The molecule has 0 unspecified atom stereocenters. The van der Waals surface area contributed by atoms with Gasteiger partial charge in [0.15, 0.2) is 0 Å². The topological polar surface area (TPSA) is 70.7 Å². The van der Waals surface area contributed by atoms with E-state index < -0.39 is 30.8 Å². The van der Waals surface area contributed by atoms with Crippen LogP contribution in [0.5, 0.6) is 0 Å². The predicted octanol–water partition coefficient (Wildman–Crippen LogP) is 1.01. The molecule has 0 aliphatic carbocycles. The van der Waals surface area contributed by atoms with Crippen LogP contribution in [-0.4, -0.2) is 43.9 Å². The van der Waals surface area contributed by atoms with Gasteiger partial charge >= 0.3 is 6.18 Å². The van der Waals surface area contributed by atoms with Crippen LogP contribution in [0.15, 0.2) is 17.5 Å². The molecule has 19 heavy (non-hydrogen) atoms. The van der Waals surface area contributed by atoms with Gasteiger partial charge in [-0.25, -0.2) is 0 Å². The quantitative estimate of drug-likeness (QED) is 0.885. The predicted molar refractivity (Wildman–Crippen MR) is 58.2 cm³/mol. The maximum atomic E-state index is 12.7. The summed E-state index contributed by atoms with van der Waals surface area (Å²) in [5.74, 6) is -1.05. The molecule has 6 nitrogen and oxygen atoms in total. The van der Waals surface area contributed by atoms with Crippen LogP contribution >= 0.6 is 11.6 Å². The summed E-state index contributed by atoms with van der Waals surface area (Å²) in [6, 6.07) is 0. The van der Waals surface area contributed by atoms with Gasteiger partial charge in [-0.2, -0.15) is 28.4 Å². The molecule has 1 aromatic heterocycles. The number of carbonyl (C=O) groups is 1. The van der Waals surface area contributed by atoms with Crippen molar-refractivity contribution in [3.63, 3.8) is 0 Å². The Morgan fingerprint density at radius 2 is 2.26 bits per heavy atom. The molecule has 2 heterocycles. The highest BCUT2D eigenvalue weighted by Gasteiger charge is 2.61. The minimum atomic E-state index is -5.00. The van der Waals surface area contributed by atoms with Crippen LogP contribution in [0.1, 0.15) is 6.42 Å². The van der Waals surface area contributed by atoms with Gasteiger partial charge in [-0.1, -0.05) is 11.6 Å². The fourth-order valence-electron chi connectivity index (χ4n) is 1.57. The molecule has 1 N–H and O–H groups in total. The van der Waals surface area contributed by atoms with Crippen LogP contribution in [0.2, 0.25) is 5.02 Å². The van der Waals surface area contributed by atoms with Gasteiger partial charge < -0.3 is 5.11 Å². The molecular weight excluding hydrogens is 289 g/mol. The number of amides is 1. The summed E-state index contributed by atoms with van der Waals surface area (Å²) in [6.07, 6.45) is -2.46. The summed E-state index contributed by atoms with van der Waals surface area (Å²) >= 11 is 5.56. The molecule has 1 aliphatic rings. The summed E-state index contributed by atoms with van der Waals surface area (Å²) < 4.78 is 39.2. The molecule has 0 aromatic carbocycles. The van der Waals surface area contributed by atoms with Crippen molar-refractivity contribution < 1.29 is 23.1 Å². The number of nitrogens with zero attached hydrogens (tertiary/aromatic N) is 4. The van der Waals surface area contributed by atoms with E-state index in [9.17, 15) is 23.1 Å². The Balaban J connectivity index is 2.16. The summed E-state index contributed by atoms with van der Waals surface area (Å²) in [4.78, 5) is 11.7. The Hall–Kier alpha value is -1.61. The number of hydrazone groups is 1. The first kappa shape index (κ1) is 13.8. The lowest BCUT2D eigenvalue weighted by atomic mass is 10.1. The fraction of sp³-hybridized carbons (Fsp3) is 0.444. The molecule has 0 bridgehead atoms. The normalized spacial score (nSPS) is 23.1. The molecule has 0 spiro atoms. The standard InChI is InChI=1S/C9H8ClF3N4O2/c10-6-3-15-16(4-6)5-7(18)17-8(19,1-2-14-17)9(11,12)13/h2-4,19H,1,5H2/t8-/m1/s1. The smallest absolute Gasteiger partial charge is 0.362 e. The summed E-state index contributed by atoms with van der Waals surface area (Å²) in [6.45, 7) is -0.511. The van der Waals surface area contributed by atoms with Gasteiger partial charge in [-0.05, 0) is 0 Å². The van der Waals surface area contributed by atoms with Crippen molar-refractivity contribution >= 4 is 23.7 Å². The molecule has 1 aliphatic heterocycles. The van der Waals surface area contributed by atoms with Crippen LogP contribution in [0.4, 0.5) is 13.2 Å². The first-order valence-corrected chi connectivity index (χ1v) is 5.44. The molecule has 1 aromatic rings. The van der Waals surface area contributed by atoms with E-state index in [-0.39, 0.29) is 10.0 Å². The molecule has 10 heteroatoms. The SMILES string of the molecule is O=C(Cn1cc(Cl)cn1)N1N=CC[C@@]1(O)C(F)(F)F. The van der Waals surface area contributed by atoms with Gasteiger partial charge in [-0.3, -0.25) is 9.48 Å². The minimum Gasteiger partial charge on any atom is -0.362 e. The summed E-state index contributed by atoms with van der Waals surface area (Å²) in [7, 11) is 0. The first-order valence-electron chi connectivity index (χ1n) is 5.06. The third kappa shape index (κ3) is 2.43. The molecule has 1 atom stereocenters. The molecule has 0 radical (unpaired) electrons. The van der Waals surface area contributed by atoms with Crippen molar-refractivity contribution in [2.45, 2.75) is 24.9 Å². The van der Waals surface area contributed by atoms with Gasteiger partial charge in [0, 0.05) is 18.8 Å². The van der Waals surface area contributed by atoms with E-state index in [1.54, 1.807) is 0 Å². The number of carbonyl (C=O) groups excluding carboxylic acids is 1. The van der Waals surface area contributed by atoms with Crippen molar-refractivity contribution in [1.29, 1.82) is 0 Å². The second-order valence-corrected chi connectivity index (χ2v) is 4.31. The summed E-state index contributed by atoms with van der Waals surface area (Å²) in [5, 5.41) is 16.7. The van der Waals surface area contributed by atoms with Crippen molar-refractivity contribution in [2.24, 2.45) is 5.10 Å². The van der Waals surface area contributed by atoms with Crippen LogP contribution in [-0.2, 0) is 11.3 Å². The van der Waals surface area contributed by atoms with Gasteiger partial charge in [-0.15, -0.1) is 0 Å². The van der Waals surface area contributed by atoms with E-state index in [0.29, 0.717) is 0 Å². The zero-order valence-corrected chi connectivity index (χ0v) is 10.1. The second kappa shape index (κ2) is 4.49. The average Bonchev–Trinajstić information content (AvgIpc) is 2.85. The zero-order valence-electron chi connectivity index (χ0n) is 9.30. The monoisotopic (exact) mass is 296 g/mol. The third-order valence-electron chi connectivity index (χ3n) is 2.51. The van der Waals surface area contributed by atoms with Crippen molar-refractivity contribution in [3.05, 3.63) is 17.4 Å². The lowest BCUT2D eigenvalue weighted by Crippen LogP contribution is -2.57. The number of alkyl halides is 3. The maximum absolute atomic E-state index is 12.7. The second-order valence-electron chi connectivity index (χ2n) is 3.88. The average molecular weight is 297 g/mol. The molecule has 0 saturated carbocycles. The van der Waals surface area contributed by atoms with E-state index >= 15 is 0 Å². The number of hydrogen-bond donors (Lipinski definition) is 1. The number of hydrogen-bond acceptors (Lipinski definition) is 4. The van der Waals surface area contributed by atoms with E-state index in [0.717, 1.165) is 10.9 Å². The molecule has 0 fully saturated rings. The maximum Gasteiger partial charge on any atom is 0.438 e. The Labute approximate surface area is 110 Å². The van der Waals surface area contributed by atoms with Crippen LogP contribution in [0, 0.1) is 0 Å². The van der Waals surface area contributed by atoms with Crippen LogP contribution in [0.25, 0.3) is 0 Å². The fourth-order valence-corrected chi connectivity index (χ4v) is 1.72. The number of halogens is 4. The number of aliphatic hydroxyl groups is 1. The third-order valence-corrected chi connectivity index (χ3v) is 2.71. The Morgan fingerprint density at radius 1 is 1.58 bits per heavy atom. The van der Waals surface area contributed by atoms with Gasteiger partial charge in [0.2, 0.25) is 0 Å². The lowest BCUT2D eigenvalue weighted by Gasteiger charge is -2.32. The van der Waals surface area contributed by atoms with E-state index in [2.05, 4.69) is 10.2 Å². The van der Waals surface area contributed by atoms with E-state index in [1.807, 2.05) is 0 Å². The minimum absolute atomic E-state index is 0.0165. The van der Waals surface area contributed by atoms with Crippen molar-refractivity contribution in [3.8, 4) is 0 Å².